The summed E-state index contributed by atoms with van der Waals surface area (Å²) in [5.74, 6) is 0. The zero-order valence-electron chi connectivity index (χ0n) is 15.1. The van der Waals surface area contributed by atoms with E-state index in [2.05, 4.69) is 89.5 Å². The molecule has 0 fully saturated rings. The fourth-order valence-electron chi connectivity index (χ4n) is 4.82. The summed E-state index contributed by atoms with van der Waals surface area (Å²) in [5.41, 5.74) is 7.84. The molecule has 0 radical (unpaired) electrons. The summed E-state index contributed by atoms with van der Waals surface area (Å²) in [7, 11) is 0. The van der Waals surface area contributed by atoms with Crippen molar-refractivity contribution in [2.45, 2.75) is 0 Å². The predicted octanol–water partition coefficient (Wildman–Crippen LogP) is 3.48. The topological polar surface area (TPSA) is 28.7 Å². The third kappa shape index (κ3) is 1.87. The van der Waals surface area contributed by atoms with Crippen LogP contribution >= 0.6 is 0 Å². The monoisotopic (exact) mass is 354 g/mol. The highest BCUT2D eigenvalue weighted by Gasteiger charge is 2.34. The molecule has 0 bridgehead atoms. The van der Waals surface area contributed by atoms with Crippen molar-refractivity contribution in [1.29, 1.82) is 5.26 Å². The lowest BCUT2D eigenvalue weighted by molar-refractivity contribution is 1.18. The van der Waals surface area contributed by atoms with E-state index in [1.54, 1.807) is 0 Å². The number of nitrogens with zero attached hydrogens (tertiary/aromatic N) is 2. The minimum absolute atomic E-state index is 0.116. The second-order valence-electron chi connectivity index (χ2n) is 7.29. The molecule has 1 aromatic heterocycles. The van der Waals surface area contributed by atoms with Crippen LogP contribution in [0.3, 0.4) is 0 Å². The molecular weight excluding hydrogens is 339 g/mol. The van der Waals surface area contributed by atoms with Crippen LogP contribution in [0.5, 0.6) is 0 Å². The molecule has 5 aromatic rings. The maximum absolute atomic E-state index is 9.90. The molecule has 0 amide bonds. The fourth-order valence-corrected chi connectivity index (χ4v) is 4.82. The molecule has 1 aliphatic rings. The molecule has 0 unspecified atom stereocenters. The van der Waals surface area contributed by atoms with Crippen molar-refractivity contribution in [1.82, 2.24) is 4.57 Å². The Labute approximate surface area is 163 Å². The molecule has 0 spiro atoms. The standard InChI is InChI=1S/C25H15BN2/c27-16-17-8-6-13-21-24(17)28-23-15-5-4-11-19(23)20-12-7-14-22(25(20)28)26(21)18-9-2-1-3-10-18/h1-15H. The van der Waals surface area contributed by atoms with Gasteiger partial charge in [-0.3, -0.25) is 0 Å². The quantitative estimate of drug-likeness (QED) is 0.416. The van der Waals surface area contributed by atoms with Crippen LogP contribution in [-0.2, 0) is 0 Å². The Morgan fingerprint density at radius 2 is 1.39 bits per heavy atom. The number of aromatic nitrogens is 1. The average Bonchev–Trinajstić information content (AvgIpc) is 3.10. The lowest BCUT2D eigenvalue weighted by Crippen LogP contribution is -2.56. The Balaban J connectivity index is 1.88. The van der Waals surface area contributed by atoms with Gasteiger partial charge >= 0.3 is 0 Å². The first-order valence-corrected chi connectivity index (χ1v) is 9.49. The molecule has 3 heteroatoms. The van der Waals surface area contributed by atoms with Crippen LogP contribution < -0.4 is 16.4 Å². The van der Waals surface area contributed by atoms with Crippen LogP contribution in [0.25, 0.3) is 27.5 Å². The van der Waals surface area contributed by atoms with Gasteiger partial charge in [0.15, 0.2) is 0 Å². The Hall–Kier alpha value is -3.77. The Kier molecular flexibility index (Phi) is 3.07. The van der Waals surface area contributed by atoms with Crippen molar-refractivity contribution in [3.63, 3.8) is 0 Å². The molecule has 4 aromatic carbocycles. The first-order valence-electron chi connectivity index (χ1n) is 9.49. The largest absolute Gasteiger partial charge is 0.309 e. The minimum Gasteiger partial charge on any atom is -0.309 e. The second-order valence-corrected chi connectivity index (χ2v) is 7.29. The summed E-state index contributed by atoms with van der Waals surface area (Å²) in [6, 6.07) is 34.2. The lowest BCUT2D eigenvalue weighted by atomic mass is 9.35. The molecule has 0 saturated carbocycles. The summed E-state index contributed by atoms with van der Waals surface area (Å²) in [5, 5.41) is 12.4. The SMILES string of the molecule is N#Cc1cccc2c1-n1c3ccccc3c3cccc(c31)B2c1ccccc1. The maximum atomic E-state index is 9.90. The maximum Gasteiger partial charge on any atom is 0.246 e. The van der Waals surface area contributed by atoms with E-state index in [0.29, 0.717) is 0 Å². The minimum atomic E-state index is 0.116. The number of hydrogen-bond donors (Lipinski definition) is 0. The van der Waals surface area contributed by atoms with E-state index < -0.39 is 0 Å². The molecule has 0 atom stereocenters. The van der Waals surface area contributed by atoms with Gasteiger partial charge in [-0.25, -0.2) is 0 Å². The average molecular weight is 354 g/mol. The summed E-state index contributed by atoms with van der Waals surface area (Å²) in [6.07, 6.45) is 0. The van der Waals surface area contributed by atoms with Gasteiger partial charge in [-0.15, -0.1) is 0 Å². The third-order valence-electron chi connectivity index (χ3n) is 5.89. The number of benzene rings is 4. The molecular formula is C25H15BN2. The van der Waals surface area contributed by atoms with Crippen molar-refractivity contribution < 1.29 is 0 Å². The first kappa shape index (κ1) is 15.3. The third-order valence-corrected chi connectivity index (χ3v) is 5.89. The molecule has 0 N–H and O–H groups in total. The fraction of sp³-hybridized carbons (Fsp3) is 0. The Morgan fingerprint density at radius 3 is 2.25 bits per heavy atom. The van der Waals surface area contributed by atoms with E-state index in [9.17, 15) is 5.26 Å². The highest BCUT2D eigenvalue weighted by Crippen LogP contribution is 2.33. The van der Waals surface area contributed by atoms with E-state index in [0.717, 1.165) is 16.8 Å². The summed E-state index contributed by atoms with van der Waals surface area (Å²) < 4.78 is 2.30. The van der Waals surface area contributed by atoms with Crippen LogP contribution in [0.2, 0.25) is 0 Å². The van der Waals surface area contributed by atoms with Gasteiger partial charge in [0.25, 0.3) is 0 Å². The van der Waals surface area contributed by atoms with E-state index in [1.165, 1.54) is 32.7 Å². The summed E-state index contributed by atoms with van der Waals surface area (Å²) >= 11 is 0. The van der Waals surface area contributed by atoms with Gasteiger partial charge in [0.1, 0.15) is 6.07 Å². The number of nitriles is 1. The molecule has 6 rings (SSSR count). The van der Waals surface area contributed by atoms with Gasteiger partial charge < -0.3 is 4.57 Å². The number of rotatable bonds is 1. The smallest absolute Gasteiger partial charge is 0.246 e. The van der Waals surface area contributed by atoms with Crippen LogP contribution in [0.1, 0.15) is 5.56 Å². The van der Waals surface area contributed by atoms with Crippen molar-refractivity contribution in [2.24, 2.45) is 0 Å². The zero-order valence-corrected chi connectivity index (χ0v) is 15.1. The normalized spacial score (nSPS) is 12.2. The van der Waals surface area contributed by atoms with Crippen molar-refractivity contribution in [3.8, 4) is 11.8 Å². The Bertz CT molecular complexity index is 1420. The number of fused-ring (bicyclic) bond motifs is 5. The van der Waals surface area contributed by atoms with Crippen molar-refractivity contribution in [2.75, 3.05) is 0 Å². The summed E-state index contributed by atoms with van der Waals surface area (Å²) in [6.45, 7) is 0.116. The van der Waals surface area contributed by atoms with Gasteiger partial charge in [-0.05, 0) is 23.1 Å². The van der Waals surface area contributed by atoms with E-state index in [1.807, 2.05) is 12.1 Å². The van der Waals surface area contributed by atoms with E-state index in [-0.39, 0.29) is 6.71 Å². The van der Waals surface area contributed by atoms with E-state index >= 15 is 0 Å². The van der Waals surface area contributed by atoms with Gasteiger partial charge in [0, 0.05) is 16.3 Å². The van der Waals surface area contributed by atoms with Gasteiger partial charge in [-0.2, -0.15) is 5.26 Å². The van der Waals surface area contributed by atoms with Crippen molar-refractivity contribution in [3.05, 3.63) is 96.6 Å². The van der Waals surface area contributed by atoms with Crippen LogP contribution in [0, 0.1) is 11.3 Å². The number of para-hydroxylation sites is 3. The Morgan fingerprint density at radius 1 is 0.679 bits per heavy atom. The molecule has 0 aliphatic carbocycles. The summed E-state index contributed by atoms with van der Waals surface area (Å²) in [4.78, 5) is 0. The highest BCUT2D eigenvalue weighted by atomic mass is 15.0. The van der Waals surface area contributed by atoms with Crippen LogP contribution in [0.15, 0.2) is 91.0 Å². The van der Waals surface area contributed by atoms with Gasteiger partial charge in [0.2, 0.25) is 6.71 Å². The molecule has 128 valence electrons. The zero-order chi connectivity index (χ0) is 18.7. The van der Waals surface area contributed by atoms with Crippen molar-refractivity contribution >= 4 is 44.9 Å². The number of hydrogen-bond acceptors (Lipinski definition) is 1. The molecule has 0 saturated heterocycles. The molecule has 2 nitrogen and oxygen atoms in total. The van der Waals surface area contributed by atoms with Crippen LogP contribution in [0.4, 0.5) is 0 Å². The highest BCUT2D eigenvalue weighted by molar-refractivity contribution is 6.98. The van der Waals surface area contributed by atoms with Gasteiger partial charge in [-0.1, -0.05) is 84.3 Å². The molecule has 2 heterocycles. The predicted molar refractivity (Wildman–Crippen MR) is 117 cm³/mol. The van der Waals surface area contributed by atoms with E-state index in [4.69, 9.17) is 0 Å². The first-order chi connectivity index (χ1) is 13.9. The lowest BCUT2D eigenvalue weighted by Gasteiger charge is -2.27. The van der Waals surface area contributed by atoms with Crippen LogP contribution in [-0.4, -0.2) is 11.3 Å². The van der Waals surface area contributed by atoms with Gasteiger partial charge in [0.05, 0.1) is 16.8 Å². The molecule has 28 heavy (non-hydrogen) atoms. The second kappa shape index (κ2) is 5.61. The molecule has 1 aliphatic heterocycles.